The summed E-state index contributed by atoms with van der Waals surface area (Å²) in [6.07, 6.45) is 7.29. The van der Waals surface area contributed by atoms with Crippen molar-refractivity contribution in [2.24, 2.45) is 0 Å². The molecule has 0 aliphatic carbocycles. The van der Waals surface area contributed by atoms with E-state index in [1.54, 1.807) is 11.8 Å². The molecule has 1 aromatic rings. The number of aliphatic hydroxyl groups excluding tert-OH is 1. The van der Waals surface area contributed by atoms with Gasteiger partial charge < -0.3 is 5.11 Å². The number of hydrogen-bond donors (Lipinski definition) is 1. The van der Waals surface area contributed by atoms with Crippen LogP contribution < -0.4 is 0 Å². The van der Waals surface area contributed by atoms with E-state index in [0.29, 0.717) is 0 Å². The van der Waals surface area contributed by atoms with Crippen LogP contribution >= 0.6 is 11.8 Å². The summed E-state index contributed by atoms with van der Waals surface area (Å²) < 4.78 is 0. The Morgan fingerprint density at radius 1 is 1.18 bits per heavy atom. The molecule has 1 unspecified atom stereocenters. The summed E-state index contributed by atoms with van der Waals surface area (Å²) in [6.45, 7) is 3.70. The molecule has 0 amide bonds. The number of thioether (sulfide) groups is 1. The van der Waals surface area contributed by atoms with Crippen LogP contribution in [0.4, 0.5) is 0 Å². The van der Waals surface area contributed by atoms with Crippen molar-refractivity contribution in [3.63, 3.8) is 0 Å². The highest BCUT2D eigenvalue weighted by molar-refractivity contribution is 7.99. The summed E-state index contributed by atoms with van der Waals surface area (Å²) in [5.74, 6) is 0.797. The van der Waals surface area contributed by atoms with Gasteiger partial charge in [-0.05, 0) is 31.4 Å². The van der Waals surface area contributed by atoms with Crippen molar-refractivity contribution in [1.82, 2.24) is 0 Å². The lowest BCUT2D eigenvalue weighted by atomic mass is 10.1. The van der Waals surface area contributed by atoms with Crippen molar-refractivity contribution in [3.05, 3.63) is 43.0 Å². The summed E-state index contributed by atoms with van der Waals surface area (Å²) in [6, 6.07) is 10.2. The van der Waals surface area contributed by atoms with Crippen LogP contribution in [0, 0.1) is 0 Å². The summed E-state index contributed by atoms with van der Waals surface area (Å²) in [4.78, 5) is 1.23. The first-order valence-corrected chi connectivity index (χ1v) is 7.28. The summed E-state index contributed by atoms with van der Waals surface area (Å²) in [5.41, 5.74) is 0. The van der Waals surface area contributed by atoms with E-state index in [2.05, 4.69) is 18.7 Å². The fourth-order valence-corrected chi connectivity index (χ4v) is 2.54. The molecule has 0 bridgehead atoms. The lowest BCUT2D eigenvalue weighted by Crippen LogP contribution is -2.09. The van der Waals surface area contributed by atoms with Gasteiger partial charge in [0.1, 0.15) is 0 Å². The number of allylic oxidation sites excluding steroid dienone is 1. The minimum atomic E-state index is -0.177. The fourth-order valence-electron chi connectivity index (χ4n) is 1.64. The molecule has 0 aliphatic heterocycles. The smallest absolute Gasteiger partial charge is 0.0634 e. The Morgan fingerprint density at radius 2 is 1.94 bits per heavy atom. The Morgan fingerprint density at radius 3 is 2.65 bits per heavy atom. The lowest BCUT2D eigenvalue weighted by Gasteiger charge is -2.09. The highest BCUT2D eigenvalue weighted by Crippen LogP contribution is 2.19. The van der Waals surface area contributed by atoms with Crippen molar-refractivity contribution in [2.75, 3.05) is 5.75 Å². The zero-order valence-electron chi connectivity index (χ0n) is 10.3. The van der Waals surface area contributed by atoms with E-state index in [1.165, 1.54) is 17.7 Å². The maximum Gasteiger partial charge on any atom is 0.0634 e. The van der Waals surface area contributed by atoms with Gasteiger partial charge in [-0.1, -0.05) is 37.1 Å². The lowest BCUT2D eigenvalue weighted by molar-refractivity contribution is 0.185. The SMILES string of the molecule is C=CCCCCCC(O)CSc1ccccc1. The monoisotopic (exact) mass is 250 g/mol. The molecule has 0 spiro atoms. The zero-order chi connectivity index (χ0) is 12.3. The first-order valence-electron chi connectivity index (χ1n) is 6.29. The van der Waals surface area contributed by atoms with E-state index < -0.39 is 0 Å². The third-order valence-corrected chi connectivity index (χ3v) is 3.79. The Balaban J connectivity index is 2.05. The molecule has 0 aliphatic rings. The molecule has 0 aromatic heterocycles. The van der Waals surface area contributed by atoms with Crippen molar-refractivity contribution >= 4 is 11.8 Å². The largest absolute Gasteiger partial charge is 0.392 e. The Hall–Kier alpha value is -0.730. The van der Waals surface area contributed by atoms with E-state index in [1.807, 2.05) is 24.3 Å². The molecule has 0 radical (unpaired) electrons. The van der Waals surface area contributed by atoms with Crippen LogP contribution in [0.5, 0.6) is 0 Å². The molecular formula is C15H22OS. The summed E-state index contributed by atoms with van der Waals surface area (Å²) >= 11 is 1.73. The standard InChI is InChI=1S/C15H22OS/c1-2-3-4-5-7-10-14(16)13-17-15-11-8-6-9-12-15/h2,6,8-9,11-12,14,16H,1,3-5,7,10,13H2. The molecule has 94 valence electrons. The average molecular weight is 250 g/mol. The van der Waals surface area contributed by atoms with Gasteiger partial charge in [-0.3, -0.25) is 0 Å². The summed E-state index contributed by atoms with van der Waals surface area (Å²) in [7, 11) is 0. The molecule has 0 heterocycles. The van der Waals surface area contributed by atoms with Crippen molar-refractivity contribution in [1.29, 1.82) is 0 Å². The van der Waals surface area contributed by atoms with Crippen LogP contribution in [0.1, 0.15) is 32.1 Å². The van der Waals surface area contributed by atoms with Crippen LogP contribution in [0.2, 0.25) is 0 Å². The third-order valence-electron chi connectivity index (χ3n) is 2.63. The van der Waals surface area contributed by atoms with Gasteiger partial charge in [0.2, 0.25) is 0 Å². The number of benzene rings is 1. The van der Waals surface area contributed by atoms with Gasteiger partial charge >= 0.3 is 0 Å². The predicted molar refractivity (Wildman–Crippen MR) is 76.5 cm³/mol. The third kappa shape index (κ3) is 7.24. The normalized spacial score (nSPS) is 12.3. The molecule has 0 saturated carbocycles. The van der Waals surface area contributed by atoms with Gasteiger partial charge in [0, 0.05) is 10.6 Å². The first kappa shape index (κ1) is 14.3. The maximum atomic E-state index is 9.83. The van der Waals surface area contributed by atoms with Gasteiger partial charge in [0.15, 0.2) is 0 Å². The second kappa shape index (κ2) is 9.32. The maximum absolute atomic E-state index is 9.83. The molecule has 1 atom stereocenters. The van der Waals surface area contributed by atoms with Crippen molar-refractivity contribution < 1.29 is 5.11 Å². The first-order chi connectivity index (χ1) is 8.33. The highest BCUT2D eigenvalue weighted by atomic mass is 32.2. The van der Waals surface area contributed by atoms with Crippen LogP contribution in [-0.2, 0) is 0 Å². The molecule has 1 nitrogen and oxygen atoms in total. The minimum absolute atomic E-state index is 0.177. The number of aliphatic hydroxyl groups is 1. The number of unbranched alkanes of at least 4 members (excludes halogenated alkanes) is 3. The van der Waals surface area contributed by atoms with E-state index >= 15 is 0 Å². The van der Waals surface area contributed by atoms with Crippen LogP contribution in [-0.4, -0.2) is 17.0 Å². The summed E-state index contributed by atoms with van der Waals surface area (Å²) in [5, 5.41) is 9.83. The van der Waals surface area contributed by atoms with Gasteiger partial charge in [-0.2, -0.15) is 0 Å². The highest BCUT2D eigenvalue weighted by Gasteiger charge is 2.04. The minimum Gasteiger partial charge on any atom is -0.392 e. The Labute approximate surface area is 109 Å². The molecule has 1 rings (SSSR count). The molecule has 0 saturated heterocycles. The topological polar surface area (TPSA) is 20.2 Å². The molecule has 0 fully saturated rings. The van der Waals surface area contributed by atoms with Crippen LogP contribution in [0.15, 0.2) is 47.9 Å². The fraction of sp³-hybridized carbons (Fsp3) is 0.467. The zero-order valence-corrected chi connectivity index (χ0v) is 11.2. The molecule has 1 N–H and O–H groups in total. The van der Waals surface area contributed by atoms with Gasteiger partial charge in [0.25, 0.3) is 0 Å². The Bertz CT molecular complexity index is 297. The van der Waals surface area contributed by atoms with E-state index in [9.17, 15) is 5.11 Å². The van der Waals surface area contributed by atoms with Gasteiger partial charge in [0.05, 0.1) is 6.10 Å². The Kier molecular flexibility index (Phi) is 7.85. The average Bonchev–Trinajstić information content (AvgIpc) is 2.37. The van der Waals surface area contributed by atoms with E-state index in [0.717, 1.165) is 25.0 Å². The van der Waals surface area contributed by atoms with E-state index in [4.69, 9.17) is 0 Å². The number of rotatable bonds is 9. The number of hydrogen-bond acceptors (Lipinski definition) is 2. The van der Waals surface area contributed by atoms with Crippen molar-refractivity contribution in [2.45, 2.75) is 43.1 Å². The van der Waals surface area contributed by atoms with E-state index in [-0.39, 0.29) is 6.10 Å². The second-order valence-electron chi connectivity index (χ2n) is 4.20. The quantitative estimate of drug-likeness (QED) is 0.401. The molecular weight excluding hydrogens is 228 g/mol. The van der Waals surface area contributed by atoms with Gasteiger partial charge in [-0.25, -0.2) is 0 Å². The predicted octanol–water partition coefficient (Wildman–Crippen LogP) is 4.28. The second-order valence-corrected chi connectivity index (χ2v) is 5.30. The van der Waals surface area contributed by atoms with Crippen LogP contribution in [0.25, 0.3) is 0 Å². The molecule has 1 aromatic carbocycles. The molecule has 2 heteroatoms. The molecule has 17 heavy (non-hydrogen) atoms. The van der Waals surface area contributed by atoms with Crippen LogP contribution in [0.3, 0.4) is 0 Å². The van der Waals surface area contributed by atoms with Gasteiger partial charge in [-0.15, -0.1) is 18.3 Å². The van der Waals surface area contributed by atoms with Crippen molar-refractivity contribution in [3.8, 4) is 0 Å².